The first-order valence-electron chi connectivity index (χ1n) is 6.93. The van der Waals surface area contributed by atoms with Crippen LogP contribution in [0.15, 0.2) is 28.7 Å². The summed E-state index contributed by atoms with van der Waals surface area (Å²) in [5, 5.41) is 7.39. The van der Waals surface area contributed by atoms with Gasteiger partial charge in [0.05, 0.1) is 18.2 Å². The smallest absolute Gasteiger partial charge is 0.225 e. The third kappa shape index (κ3) is 3.53. The third-order valence-corrected chi connectivity index (χ3v) is 4.47. The summed E-state index contributed by atoms with van der Waals surface area (Å²) in [6.07, 6.45) is 0.361. The van der Waals surface area contributed by atoms with Crippen LogP contribution in [0.25, 0.3) is 0 Å². The van der Waals surface area contributed by atoms with Gasteiger partial charge in [0, 0.05) is 22.8 Å². The molecule has 4 nitrogen and oxygen atoms in total. The van der Waals surface area contributed by atoms with Crippen LogP contribution in [-0.2, 0) is 18.3 Å². The average Bonchev–Trinajstić information content (AvgIpc) is 2.65. The number of hydrogen-bond donors (Lipinski definition) is 1. The molecule has 112 valence electrons. The lowest BCUT2D eigenvalue weighted by molar-refractivity contribution is -0.121. The fraction of sp³-hybridized carbons (Fsp3) is 0.375. The maximum absolute atomic E-state index is 12.3. The van der Waals surface area contributed by atoms with Crippen LogP contribution in [0, 0.1) is 13.8 Å². The van der Waals surface area contributed by atoms with Crippen LogP contribution < -0.4 is 5.32 Å². The molecule has 0 saturated heterocycles. The van der Waals surface area contributed by atoms with Crippen LogP contribution in [0.3, 0.4) is 0 Å². The van der Waals surface area contributed by atoms with Crippen LogP contribution in [0.5, 0.6) is 0 Å². The Morgan fingerprint density at radius 3 is 2.62 bits per heavy atom. The van der Waals surface area contributed by atoms with Gasteiger partial charge >= 0.3 is 0 Å². The molecule has 0 aliphatic rings. The number of amides is 1. The fourth-order valence-corrected chi connectivity index (χ4v) is 3.06. The quantitative estimate of drug-likeness (QED) is 0.920. The van der Waals surface area contributed by atoms with Crippen molar-refractivity contribution < 1.29 is 4.79 Å². The Bertz CT molecular complexity index is 664. The highest BCUT2D eigenvalue weighted by molar-refractivity contribution is 9.10. The zero-order valence-electron chi connectivity index (χ0n) is 12.8. The number of halogens is 1. The SMILES string of the molecule is Cc1nn(C)c(C)c1CC(=O)NC(C)c1ccccc1Br. The van der Waals surface area contributed by atoms with E-state index >= 15 is 0 Å². The van der Waals surface area contributed by atoms with E-state index in [9.17, 15) is 4.79 Å². The molecule has 1 amide bonds. The minimum absolute atomic E-state index is 0.0115. The molecule has 1 N–H and O–H groups in total. The monoisotopic (exact) mass is 349 g/mol. The lowest BCUT2D eigenvalue weighted by Gasteiger charge is -2.16. The molecular formula is C16H20BrN3O. The molecule has 0 fully saturated rings. The zero-order chi connectivity index (χ0) is 15.6. The highest BCUT2D eigenvalue weighted by atomic mass is 79.9. The Labute approximate surface area is 133 Å². The maximum Gasteiger partial charge on any atom is 0.225 e. The number of aryl methyl sites for hydroxylation is 2. The first kappa shape index (κ1) is 15.8. The molecule has 1 unspecified atom stereocenters. The van der Waals surface area contributed by atoms with E-state index in [1.165, 1.54) is 0 Å². The van der Waals surface area contributed by atoms with Gasteiger partial charge in [0.25, 0.3) is 0 Å². The maximum atomic E-state index is 12.3. The summed E-state index contributed by atoms with van der Waals surface area (Å²) < 4.78 is 2.82. The molecule has 1 aromatic carbocycles. The Hall–Kier alpha value is -1.62. The molecule has 1 atom stereocenters. The molecule has 21 heavy (non-hydrogen) atoms. The molecule has 2 aromatic rings. The van der Waals surface area contributed by atoms with E-state index in [2.05, 4.69) is 26.3 Å². The van der Waals surface area contributed by atoms with E-state index in [0.29, 0.717) is 6.42 Å². The lowest BCUT2D eigenvalue weighted by Crippen LogP contribution is -2.28. The molecule has 1 heterocycles. The second-order valence-electron chi connectivity index (χ2n) is 5.26. The van der Waals surface area contributed by atoms with Crippen LogP contribution in [-0.4, -0.2) is 15.7 Å². The molecule has 0 aliphatic carbocycles. The molecule has 0 spiro atoms. The molecular weight excluding hydrogens is 330 g/mol. The van der Waals surface area contributed by atoms with Crippen LogP contribution in [0.4, 0.5) is 0 Å². The van der Waals surface area contributed by atoms with E-state index in [1.54, 1.807) is 0 Å². The number of carbonyl (C=O) groups excluding carboxylic acids is 1. The highest BCUT2D eigenvalue weighted by Crippen LogP contribution is 2.23. The largest absolute Gasteiger partial charge is 0.349 e. The van der Waals surface area contributed by atoms with Crippen molar-refractivity contribution in [2.24, 2.45) is 7.05 Å². The summed E-state index contributed by atoms with van der Waals surface area (Å²) in [6.45, 7) is 5.91. The van der Waals surface area contributed by atoms with Crippen molar-refractivity contribution in [3.05, 3.63) is 51.3 Å². The second kappa shape index (κ2) is 6.43. The predicted octanol–water partition coefficient (Wildman–Crippen LogP) is 3.22. The number of carbonyl (C=O) groups is 1. The summed E-state index contributed by atoms with van der Waals surface area (Å²) in [6, 6.07) is 7.89. The Kier molecular flexibility index (Phi) is 4.83. The van der Waals surface area contributed by atoms with Gasteiger partial charge in [0.2, 0.25) is 5.91 Å². The summed E-state index contributed by atoms with van der Waals surface area (Å²) >= 11 is 3.52. The number of benzene rings is 1. The standard InChI is InChI=1S/C16H20BrN3O/c1-10(13-7-5-6-8-15(13)17)18-16(21)9-14-11(2)19-20(4)12(14)3/h5-8,10H,9H2,1-4H3,(H,18,21). The van der Waals surface area contributed by atoms with Gasteiger partial charge < -0.3 is 5.32 Å². The van der Waals surface area contributed by atoms with Crippen molar-refractivity contribution in [3.63, 3.8) is 0 Å². The van der Waals surface area contributed by atoms with Crippen LogP contribution in [0.1, 0.15) is 35.5 Å². The van der Waals surface area contributed by atoms with E-state index in [1.807, 2.05) is 56.8 Å². The molecule has 5 heteroatoms. The zero-order valence-corrected chi connectivity index (χ0v) is 14.4. The van der Waals surface area contributed by atoms with Crippen LogP contribution >= 0.6 is 15.9 Å². The van der Waals surface area contributed by atoms with Crippen molar-refractivity contribution >= 4 is 21.8 Å². The van der Waals surface area contributed by atoms with Crippen molar-refractivity contribution in [3.8, 4) is 0 Å². The molecule has 0 aliphatic heterocycles. The van der Waals surface area contributed by atoms with Crippen molar-refractivity contribution in [1.29, 1.82) is 0 Å². The Morgan fingerprint density at radius 1 is 1.38 bits per heavy atom. The average molecular weight is 350 g/mol. The second-order valence-corrected chi connectivity index (χ2v) is 6.11. The van der Waals surface area contributed by atoms with Gasteiger partial charge in [0.1, 0.15) is 0 Å². The van der Waals surface area contributed by atoms with Gasteiger partial charge in [0.15, 0.2) is 0 Å². The van der Waals surface area contributed by atoms with E-state index < -0.39 is 0 Å². The third-order valence-electron chi connectivity index (χ3n) is 3.75. The van der Waals surface area contributed by atoms with Crippen molar-refractivity contribution in [1.82, 2.24) is 15.1 Å². The molecule has 0 bridgehead atoms. The summed E-state index contributed by atoms with van der Waals surface area (Å²) in [5.74, 6) is 0.0115. The Morgan fingerprint density at radius 2 is 2.05 bits per heavy atom. The van der Waals surface area contributed by atoms with Crippen molar-refractivity contribution in [2.45, 2.75) is 33.2 Å². The fourth-order valence-electron chi connectivity index (χ4n) is 2.43. The Balaban J connectivity index is 2.07. The number of hydrogen-bond acceptors (Lipinski definition) is 2. The number of nitrogens with one attached hydrogen (secondary N) is 1. The van der Waals surface area contributed by atoms with Gasteiger partial charge in [-0.2, -0.15) is 5.10 Å². The number of aromatic nitrogens is 2. The summed E-state index contributed by atoms with van der Waals surface area (Å²) in [7, 11) is 1.90. The van der Waals surface area contributed by atoms with Gasteiger partial charge in [-0.25, -0.2) is 0 Å². The molecule has 0 radical (unpaired) electrons. The minimum atomic E-state index is -0.0367. The topological polar surface area (TPSA) is 46.9 Å². The molecule has 2 rings (SSSR count). The predicted molar refractivity (Wildman–Crippen MR) is 87.1 cm³/mol. The first-order valence-corrected chi connectivity index (χ1v) is 7.72. The lowest BCUT2D eigenvalue weighted by atomic mass is 10.1. The highest BCUT2D eigenvalue weighted by Gasteiger charge is 2.16. The molecule has 0 saturated carbocycles. The van der Waals surface area contributed by atoms with Gasteiger partial charge in [-0.15, -0.1) is 0 Å². The van der Waals surface area contributed by atoms with E-state index in [0.717, 1.165) is 27.0 Å². The van der Waals surface area contributed by atoms with Crippen LogP contribution in [0.2, 0.25) is 0 Å². The van der Waals surface area contributed by atoms with Gasteiger partial charge in [-0.05, 0) is 32.4 Å². The van der Waals surface area contributed by atoms with Gasteiger partial charge in [-0.3, -0.25) is 9.48 Å². The van der Waals surface area contributed by atoms with E-state index in [-0.39, 0.29) is 11.9 Å². The van der Waals surface area contributed by atoms with Gasteiger partial charge in [-0.1, -0.05) is 34.1 Å². The summed E-state index contributed by atoms with van der Waals surface area (Å²) in [4.78, 5) is 12.3. The van der Waals surface area contributed by atoms with E-state index in [4.69, 9.17) is 0 Å². The first-order chi connectivity index (χ1) is 9.90. The number of rotatable bonds is 4. The normalized spacial score (nSPS) is 12.2. The molecule has 1 aromatic heterocycles. The number of nitrogens with zero attached hydrogens (tertiary/aromatic N) is 2. The minimum Gasteiger partial charge on any atom is -0.349 e. The van der Waals surface area contributed by atoms with Crippen molar-refractivity contribution in [2.75, 3.05) is 0 Å². The summed E-state index contributed by atoms with van der Waals surface area (Å²) in [5.41, 5.74) is 4.04.